The van der Waals surface area contributed by atoms with Crippen LogP contribution in [0.2, 0.25) is 0 Å². The van der Waals surface area contributed by atoms with Crippen LogP contribution >= 0.6 is 0 Å². The summed E-state index contributed by atoms with van der Waals surface area (Å²) in [5, 5.41) is 0. The number of rotatable bonds is 6. The van der Waals surface area contributed by atoms with E-state index in [0.29, 0.717) is 0 Å². The molecule has 0 N–H and O–H groups in total. The number of hydrogen-bond donors (Lipinski definition) is 0. The Hall–Kier alpha value is -4.62. The minimum atomic E-state index is 0.0456. The molecular weight excluding hydrogens is 443 g/mol. The van der Waals surface area contributed by atoms with Crippen molar-refractivity contribution in [3.8, 4) is 33.4 Å². The van der Waals surface area contributed by atoms with E-state index >= 15 is 0 Å². The molecule has 0 spiro atoms. The first-order valence-corrected chi connectivity index (χ1v) is 12.8. The Labute approximate surface area is 220 Å². The van der Waals surface area contributed by atoms with Crippen molar-refractivity contribution in [3.05, 3.63) is 164 Å². The van der Waals surface area contributed by atoms with Gasteiger partial charge in [0.25, 0.3) is 0 Å². The van der Waals surface area contributed by atoms with Crippen molar-refractivity contribution in [1.29, 1.82) is 0 Å². The van der Waals surface area contributed by atoms with E-state index in [4.69, 9.17) is 0 Å². The molecule has 0 aromatic heterocycles. The van der Waals surface area contributed by atoms with Crippen LogP contribution in [0.15, 0.2) is 164 Å². The molecule has 0 radical (unpaired) electrons. The van der Waals surface area contributed by atoms with E-state index in [-0.39, 0.29) is 6.71 Å². The van der Waals surface area contributed by atoms with E-state index in [1.54, 1.807) is 0 Å². The highest BCUT2D eigenvalue weighted by Gasteiger charge is 2.29. The van der Waals surface area contributed by atoms with Crippen LogP contribution in [0.3, 0.4) is 0 Å². The lowest BCUT2D eigenvalue weighted by molar-refractivity contribution is 1.62. The standard InChI is InChI=1S/C36H27B/c1-4-16-28(17-5-1)31-22-10-13-25-34(31)37(35-26-14-11-23-32(35)29-18-6-2-7-19-29)36-27-15-12-24-33(36)30-20-8-3-9-21-30/h1-27H. The average Bonchev–Trinajstić information content (AvgIpc) is 2.99. The Morgan fingerprint density at radius 3 is 0.784 bits per heavy atom. The van der Waals surface area contributed by atoms with E-state index in [2.05, 4.69) is 164 Å². The maximum atomic E-state index is 2.30. The molecule has 0 aliphatic rings. The summed E-state index contributed by atoms with van der Waals surface area (Å²) in [6, 6.07) is 58.9. The van der Waals surface area contributed by atoms with E-state index < -0.39 is 0 Å². The first-order valence-electron chi connectivity index (χ1n) is 12.8. The monoisotopic (exact) mass is 470 g/mol. The quantitative estimate of drug-likeness (QED) is 0.226. The Bertz CT molecular complexity index is 1410. The molecule has 6 aromatic rings. The molecule has 6 aromatic carbocycles. The smallest absolute Gasteiger partial charge is 0.0664 e. The number of benzene rings is 6. The van der Waals surface area contributed by atoms with Gasteiger partial charge in [-0.1, -0.05) is 180 Å². The molecule has 0 bridgehead atoms. The zero-order valence-corrected chi connectivity index (χ0v) is 20.7. The van der Waals surface area contributed by atoms with Gasteiger partial charge in [0.2, 0.25) is 6.71 Å². The zero-order chi connectivity index (χ0) is 24.9. The third-order valence-corrected chi connectivity index (χ3v) is 7.07. The number of hydrogen-bond acceptors (Lipinski definition) is 0. The molecule has 0 heterocycles. The van der Waals surface area contributed by atoms with Gasteiger partial charge in [0.05, 0.1) is 0 Å². The first kappa shape index (κ1) is 22.8. The minimum absolute atomic E-state index is 0.0456. The van der Waals surface area contributed by atoms with Gasteiger partial charge in [-0.15, -0.1) is 0 Å². The summed E-state index contributed by atoms with van der Waals surface area (Å²) in [4.78, 5) is 0. The molecule has 1 heteroatoms. The molecule has 0 saturated carbocycles. The summed E-state index contributed by atoms with van der Waals surface area (Å²) in [7, 11) is 0. The lowest BCUT2D eigenvalue weighted by atomic mass is 9.34. The predicted molar refractivity (Wildman–Crippen MR) is 160 cm³/mol. The second kappa shape index (κ2) is 10.6. The highest BCUT2D eigenvalue weighted by molar-refractivity contribution is 6.97. The van der Waals surface area contributed by atoms with E-state index in [1.165, 1.54) is 49.8 Å². The van der Waals surface area contributed by atoms with Crippen LogP contribution < -0.4 is 16.4 Å². The molecule has 0 aliphatic heterocycles. The molecule has 0 saturated heterocycles. The molecule has 0 atom stereocenters. The summed E-state index contributed by atoms with van der Waals surface area (Å²) in [6.45, 7) is 0.0456. The Morgan fingerprint density at radius 1 is 0.243 bits per heavy atom. The van der Waals surface area contributed by atoms with Gasteiger partial charge in [-0.3, -0.25) is 0 Å². The van der Waals surface area contributed by atoms with Crippen molar-refractivity contribution in [2.45, 2.75) is 0 Å². The van der Waals surface area contributed by atoms with Crippen molar-refractivity contribution in [3.63, 3.8) is 0 Å². The van der Waals surface area contributed by atoms with Crippen molar-refractivity contribution in [2.75, 3.05) is 0 Å². The minimum Gasteiger partial charge on any atom is -0.0664 e. The third-order valence-electron chi connectivity index (χ3n) is 7.07. The van der Waals surface area contributed by atoms with Crippen LogP contribution in [-0.2, 0) is 0 Å². The molecule has 0 unspecified atom stereocenters. The van der Waals surface area contributed by atoms with Crippen LogP contribution in [0.1, 0.15) is 0 Å². The van der Waals surface area contributed by atoms with Gasteiger partial charge in [-0.2, -0.15) is 0 Å². The molecular formula is C36H27B. The van der Waals surface area contributed by atoms with Gasteiger partial charge < -0.3 is 0 Å². The van der Waals surface area contributed by atoms with Crippen LogP contribution in [-0.4, -0.2) is 6.71 Å². The highest BCUT2D eigenvalue weighted by Crippen LogP contribution is 2.23. The molecule has 37 heavy (non-hydrogen) atoms. The average molecular weight is 470 g/mol. The van der Waals surface area contributed by atoms with Gasteiger partial charge >= 0.3 is 0 Å². The van der Waals surface area contributed by atoms with Gasteiger partial charge in [0, 0.05) is 0 Å². The summed E-state index contributed by atoms with van der Waals surface area (Å²) in [5.74, 6) is 0. The third kappa shape index (κ3) is 4.64. The molecule has 0 nitrogen and oxygen atoms in total. The Balaban J connectivity index is 1.66. The van der Waals surface area contributed by atoms with Crippen LogP contribution in [0, 0.1) is 0 Å². The topological polar surface area (TPSA) is 0 Å². The zero-order valence-electron chi connectivity index (χ0n) is 20.7. The van der Waals surface area contributed by atoms with E-state index in [1.807, 2.05) is 0 Å². The fourth-order valence-corrected chi connectivity index (χ4v) is 5.39. The normalized spacial score (nSPS) is 10.7. The van der Waals surface area contributed by atoms with Crippen molar-refractivity contribution < 1.29 is 0 Å². The van der Waals surface area contributed by atoms with E-state index in [9.17, 15) is 0 Å². The molecule has 174 valence electrons. The summed E-state index contributed by atoms with van der Waals surface area (Å²) >= 11 is 0. The van der Waals surface area contributed by atoms with Gasteiger partial charge in [-0.05, 0) is 33.4 Å². The van der Waals surface area contributed by atoms with E-state index in [0.717, 1.165) is 0 Å². The molecule has 0 fully saturated rings. The molecule has 0 aliphatic carbocycles. The van der Waals surface area contributed by atoms with Crippen molar-refractivity contribution >= 4 is 23.1 Å². The largest absolute Gasteiger partial charge is 0.243 e. The second-order valence-corrected chi connectivity index (χ2v) is 9.29. The first-order chi connectivity index (χ1) is 18.4. The van der Waals surface area contributed by atoms with Gasteiger partial charge in [0.15, 0.2) is 0 Å². The fourth-order valence-electron chi connectivity index (χ4n) is 5.39. The van der Waals surface area contributed by atoms with Crippen LogP contribution in [0.4, 0.5) is 0 Å². The summed E-state index contributed by atoms with van der Waals surface area (Å²) < 4.78 is 0. The van der Waals surface area contributed by atoms with Crippen molar-refractivity contribution in [1.82, 2.24) is 0 Å². The lowest BCUT2D eigenvalue weighted by Crippen LogP contribution is -2.54. The SMILES string of the molecule is c1ccc(-c2ccccc2B(c2ccccc2-c2ccccc2)c2ccccc2-c2ccccc2)cc1. The Morgan fingerprint density at radius 2 is 0.486 bits per heavy atom. The maximum absolute atomic E-state index is 2.30. The molecule has 0 amide bonds. The summed E-state index contributed by atoms with van der Waals surface area (Å²) in [5.41, 5.74) is 11.4. The highest BCUT2D eigenvalue weighted by atomic mass is 14.1. The van der Waals surface area contributed by atoms with Gasteiger partial charge in [-0.25, -0.2) is 0 Å². The molecule has 6 rings (SSSR count). The van der Waals surface area contributed by atoms with Gasteiger partial charge in [0.1, 0.15) is 0 Å². The van der Waals surface area contributed by atoms with Crippen LogP contribution in [0.25, 0.3) is 33.4 Å². The summed E-state index contributed by atoms with van der Waals surface area (Å²) in [6.07, 6.45) is 0. The maximum Gasteiger partial charge on any atom is 0.243 e. The lowest BCUT2D eigenvalue weighted by Gasteiger charge is -2.24. The Kier molecular flexibility index (Phi) is 6.51. The second-order valence-electron chi connectivity index (χ2n) is 9.29. The van der Waals surface area contributed by atoms with Crippen LogP contribution in [0.5, 0.6) is 0 Å². The fraction of sp³-hybridized carbons (Fsp3) is 0. The van der Waals surface area contributed by atoms with Crippen molar-refractivity contribution in [2.24, 2.45) is 0 Å². The predicted octanol–water partition coefficient (Wildman–Crippen LogP) is 7.20.